The Labute approximate surface area is 171 Å². The molecule has 6 nitrogen and oxygen atoms in total. The van der Waals surface area contributed by atoms with E-state index in [1.54, 1.807) is 49.5 Å². The van der Waals surface area contributed by atoms with E-state index < -0.39 is 5.97 Å². The van der Waals surface area contributed by atoms with Crippen LogP contribution in [0.25, 0.3) is 6.08 Å². The second kappa shape index (κ2) is 8.95. The topological polar surface area (TPSA) is 68.2 Å². The Bertz CT molecular complexity index is 940. The number of hydrogen-bond donors (Lipinski definition) is 0. The molecule has 8 heteroatoms. The van der Waals surface area contributed by atoms with Gasteiger partial charge in [0.1, 0.15) is 5.75 Å². The highest BCUT2D eigenvalue weighted by atomic mass is 35.5. The summed E-state index contributed by atoms with van der Waals surface area (Å²) < 4.78 is 9.84. The van der Waals surface area contributed by atoms with Crippen molar-refractivity contribution in [1.29, 1.82) is 0 Å². The lowest BCUT2D eigenvalue weighted by Gasteiger charge is -2.07. The van der Waals surface area contributed by atoms with Crippen LogP contribution in [-0.2, 0) is 14.3 Å². The standard InChI is InChI=1S/C20H17ClN2O4S/c1-23-19(25)17(28-20(23)22-15-7-5-14(21)6-8-15)11-13-3-9-16(10-4-13)27-12-18(24)26-2/h3-11H,12H2,1-2H3/b17-11+,22-20?. The predicted molar refractivity (Wildman–Crippen MR) is 111 cm³/mol. The number of thioether (sulfide) groups is 1. The second-order valence-corrected chi connectivity index (χ2v) is 7.22. The molecule has 144 valence electrons. The number of methoxy groups -OCH3 is 1. The Hall–Kier alpha value is -2.77. The van der Waals surface area contributed by atoms with E-state index in [0.29, 0.717) is 20.8 Å². The summed E-state index contributed by atoms with van der Waals surface area (Å²) in [4.78, 5) is 30.2. The number of aliphatic imine (C=N–C) groups is 1. The molecule has 0 atom stereocenters. The number of esters is 1. The van der Waals surface area contributed by atoms with Gasteiger partial charge in [-0.25, -0.2) is 9.79 Å². The minimum atomic E-state index is -0.449. The van der Waals surface area contributed by atoms with Gasteiger partial charge >= 0.3 is 5.97 Å². The van der Waals surface area contributed by atoms with Gasteiger partial charge in [0.15, 0.2) is 11.8 Å². The van der Waals surface area contributed by atoms with Crippen LogP contribution >= 0.6 is 23.4 Å². The van der Waals surface area contributed by atoms with Crippen LogP contribution in [0.2, 0.25) is 5.02 Å². The van der Waals surface area contributed by atoms with E-state index in [2.05, 4.69) is 9.73 Å². The summed E-state index contributed by atoms with van der Waals surface area (Å²) in [5, 5.41) is 1.23. The van der Waals surface area contributed by atoms with E-state index in [1.165, 1.54) is 23.8 Å². The first-order valence-electron chi connectivity index (χ1n) is 8.28. The van der Waals surface area contributed by atoms with Crippen molar-refractivity contribution < 1.29 is 19.1 Å². The number of hydrogen-bond acceptors (Lipinski definition) is 6. The fourth-order valence-corrected chi connectivity index (χ4v) is 3.40. The summed E-state index contributed by atoms with van der Waals surface area (Å²) in [6, 6.07) is 14.2. The fraction of sp³-hybridized carbons (Fsp3) is 0.150. The highest BCUT2D eigenvalue weighted by Gasteiger charge is 2.30. The largest absolute Gasteiger partial charge is 0.482 e. The van der Waals surface area contributed by atoms with E-state index >= 15 is 0 Å². The molecule has 3 rings (SSSR count). The minimum Gasteiger partial charge on any atom is -0.482 e. The van der Waals surface area contributed by atoms with E-state index in [0.717, 1.165) is 11.3 Å². The molecule has 0 saturated carbocycles. The molecule has 1 aliphatic heterocycles. The highest BCUT2D eigenvalue weighted by Crippen LogP contribution is 2.33. The molecule has 0 radical (unpaired) electrons. The first kappa shape index (κ1) is 20.0. The number of rotatable bonds is 5. The van der Waals surface area contributed by atoms with Crippen LogP contribution in [0.5, 0.6) is 5.75 Å². The highest BCUT2D eigenvalue weighted by molar-refractivity contribution is 8.18. The van der Waals surface area contributed by atoms with E-state index in [1.807, 2.05) is 12.1 Å². The molecule has 1 aliphatic rings. The number of amides is 1. The maximum Gasteiger partial charge on any atom is 0.343 e. The summed E-state index contributed by atoms with van der Waals surface area (Å²) in [6.45, 7) is -0.152. The first-order valence-corrected chi connectivity index (χ1v) is 9.47. The van der Waals surface area contributed by atoms with Gasteiger partial charge in [-0.1, -0.05) is 23.7 Å². The van der Waals surface area contributed by atoms with Gasteiger partial charge in [0.25, 0.3) is 5.91 Å². The van der Waals surface area contributed by atoms with Crippen molar-refractivity contribution in [2.45, 2.75) is 0 Å². The summed E-state index contributed by atoms with van der Waals surface area (Å²) in [6.07, 6.45) is 1.79. The first-order chi connectivity index (χ1) is 13.5. The third kappa shape index (κ3) is 4.94. The molecule has 0 aliphatic carbocycles. The lowest BCUT2D eigenvalue weighted by atomic mass is 10.2. The van der Waals surface area contributed by atoms with Crippen LogP contribution in [0, 0.1) is 0 Å². The van der Waals surface area contributed by atoms with Gasteiger partial charge in [-0.15, -0.1) is 0 Å². The van der Waals surface area contributed by atoms with Crippen molar-refractivity contribution in [3.8, 4) is 5.75 Å². The zero-order valence-corrected chi connectivity index (χ0v) is 16.8. The normalized spacial score (nSPS) is 16.7. The van der Waals surface area contributed by atoms with Crippen LogP contribution in [0.4, 0.5) is 5.69 Å². The van der Waals surface area contributed by atoms with Gasteiger partial charge in [0, 0.05) is 12.1 Å². The number of ether oxygens (including phenoxy) is 2. The monoisotopic (exact) mass is 416 g/mol. The average molecular weight is 417 g/mol. The van der Waals surface area contributed by atoms with Gasteiger partial charge in [0.2, 0.25) is 0 Å². The molecule has 1 heterocycles. The van der Waals surface area contributed by atoms with Crippen molar-refractivity contribution >= 4 is 52.2 Å². The summed E-state index contributed by atoms with van der Waals surface area (Å²) in [5.74, 6) is -0.0292. The lowest BCUT2D eigenvalue weighted by Crippen LogP contribution is -2.23. The van der Waals surface area contributed by atoms with Gasteiger partial charge in [0.05, 0.1) is 17.7 Å². The summed E-state index contributed by atoms with van der Waals surface area (Å²) in [5.41, 5.74) is 1.56. The molecule has 0 aromatic heterocycles. The SMILES string of the molecule is COC(=O)COc1ccc(/C=C2/SC(=Nc3ccc(Cl)cc3)N(C)C2=O)cc1. The molecule has 0 spiro atoms. The number of nitrogens with zero attached hydrogens (tertiary/aromatic N) is 2. The van der Waals surface area contributed by atoms with Crippen molar-refractivity contribution in [2.24, 2.45) is 4.99 Å². The van der Waals surface area contributed by atoms with Crippen molar-refractivity contribution in [1.82, 2.24) is 4.90 Å². The van der Waals surface area contributed by atoms with E-state index in [4.69, 9.17) is 16.3 Å². The summed E-state index contributed by atoms with van der Waals surface area (Å²) >= 11 is 7.19. The molecular weight excluding hydrogens is 400 g/mol. The smallest absolute Gasteiger partial charge is 0.343 e. The third-order valence-electron chi connectivity index (χ3n) is 3.82. The van der Waals surface area contributed by atoms with Crippen LogP contribution in [-0.4, -0.2) is 42.7 Å². The zero-order valence-electron chi connectivity index (χ0n) is 15.2. The quantitative estimate of drug-likeness (QED) is 0.541. The Morgan fingerprint density at radius 1 is 1.18 bits per heavy atom. The Kier molecular flexibility index (Phi) is 6.38. The third-order valence-corrected chi connectivity index (χ3v) is 5.13. The second-order valence-electron chi connectivity index (χ2n) is 5.78. The molecule has 0 bridgehead atoms. The number of benzene rings is 2. The molecular formula is C20H17ClN2O4S. The molecule has 2 aromatic rings. The van der Waals surface area contributed by atoms with Gasteiger partial charge < -0.3 is 9.47 Å². The molecule has 1 saturated heterocycles. The average Bonchev–Trinajstić information content (AvgIpc) is 2.96. The van der Waals surface area contributed by atoms with Crippen molar-refractivity contribution in [3.05, 3.63) is 64.0 Å². The lowest BCUT2D eigenvalue weighted by molar-refractivity contribution is -0.142. The predicted octanol–water partition coefficient (Wildman–Crippen LogP) is 4.13. The fourth-order valence-electron chi connectivity index (χ4n) is 2.29. The molecule has 28 heavy (non-hydrogen) atoms. The minimum absolute atomic E-state index is 0.122. The molecule has 2 aromatic carbocycles. The maximum absolute atomic E-state index is 12.5. The Morgan fingerprint density at radius 2 is 1.86 bits per heavy atom. The van der Waals surface area contributed by atoms with Crippen LogP contribution in [0.3, 0.4) is 0 Å². The van der Waals surface area contributed by atoms with Crippen LogP contribution in [0.15, 0.2) is 58.4 Å². The Balaban J connectivity index is 1.72. The van der Waals surface area contributed by atoms with Crippen molar-refractivity contribution in [3.63, 3.8) is 0 Å². The van der Waals surface area contributed by atoms with Crippen LogP contribution < -0.4 is 4.74 Å². The van der Waals surface area contributed by atoms with E-state index in [-0.39, 0.29) is 12.5 Å². The molecule has 0 unspecified atom stereocenters. The van der Waals surface area contributed by atoms with Gasteiger partial charge in [-0.2, -0.15) is 0 Å². The Morgan fingerprint density at radius 3 is 2.50 bits per heavy atom. The zero-order chi connectivity index (χ0) is 20.1. The number of amidine groups is 1. The molecule has 1 fully saturated rings. The summed E-state index contributed by atoms with van der Waals surface area (Å²) in [7, 11) is 2.99. The van der Waals surface area contributed by atoms with Gasteiger partial charge in [-0.05, 0) is 59.8 Å². The number of carbonyl (C=O) groups excluding carboxylic acids is 2. The molecule has 0 N–H and O–H groups in total. The number of carbonyl (C=O) groups is 2. The maximum atomic E-state index is 12.5. The van der Waals surface area contributed by atoms with E-state index in [9.17, 15) is 9.59 Å². The van der Waals surface area contributed by atoms with Crippen molar-refractivity contribution in [2.75, 3.05) is 20.8 Å². The van der Waals surface area contributed by atoms with Gasteiger partial charge in [-0.3, -0.25) is 9.69 Å². The number of likely N-dealkylation sites (N-methyl/N-ethyl adjacent to an activating group) is 1. The molecule has 1 amide bonds. The number of halogens is 1. The van der Waals surface area contributed by atoms with Crippen LogP contribution in [0.1, 0.15) is 5.56 Å².